The van der Waals surface area contributed by atoms with Gasteiger partial charge in [-0.25, -0.2) is 9.47 Å². The number of aromatic nitrogens is 3. The summed E-state index contributed by atoms with van der Waals surface area (Å²) in [7, 11) is 1.36. The second kappa shape index (κ2) is 8.94. The summed E-state index contributed by atoms with van der Waals surface area (Å²) in [5.74, 6) is 6.67. The molecule has 0 aromatic carbocycles. The van der Waals surface area contributed by atoms with Gasteiger partial charge in [-0.15, -0.1) is 21.5 Å². The van der Waals surface area contributed by atoms with Gasteiger partial charge in [-0.3, -0.25) is 4.79 Å². The highest BCUT2D eigenvalue weighted by atomic mass is 32.2. The van der Waals surface area contributed by atoms with E-state index < -0.39 is 5.97 Å². The number of nitrogen functional groups attached to an aromatic ring is 1. The van der Waals surface area contributed by atoms with Crippen LogP contribution in [0.15, 0.2) is 5.16 Å². The topological polar surface area (TPSA) is 121 Å². The van der Waals surface area contributed by atoms with Gasteiger partial charge >= 0.3 is 5.97 Å². The molecule has 3 heterocycles. The third-order valence-electron chi connectivity index (χ3n) is 5.40. The number of anilines is 1. The lowest BCUT2D eigenvalue weighted by Gasteiger charge is -2.18. The molecule has 0 saturated carbocycles. The van der Waals surface area contributed by atoms with Gasteiger partial charge in [0.05, 0.1) is 18.4 Å². The monoisotopic (exact) mass is 451 g/mol. The first-order valence-corrected chi connectivity index (χ1v) is 11.8. The van der Waals surface area contributed by atoms with Crippen LogP contribution in [0.25, 0.3) is 0 Å². The third-order valence-corrected chi connectivity index (χ3v) is 7.51. The van der Waals surface area contributed by atoms with E-state index in [-0.39, 0.29) is 17.8 Å². The van der Waals surface area contributed by atoms with Crippen molar-refractivity contribution in [1.29, 1.82) is 0 Å². The predicted molar refractivity (Wildman–Crippen MR) is 114 cm³/mol. The smallest absolute Gasteiger partial charge is 0.341 e. The first-order valence-electron chi connectivity index (χ1n) is 9.95. The van der Waals surface area contributed by atoms with E-state index in [9.17, 15) is 9.59 Å². The lowest BCUT2D eigenvalue weighted by Crippen LogP contribution is -2.19. The zero-order valence-electron chi connectivity index (χ0n) is 17.0. The summed E-state index contributed by atoms with van der Waals surface area (Å²) in [6.07, 6.45) is 4.44. The number of thioether (sulfide) groups is 1. The Kier molecular flexibility index (Phi) is 6.30. The molecule has 1 aliphatic heterocycles. The van der Waals surface area contributed by atoms with Crippen molar-refractivity contribution < 1.29 is 19.1 Å². The summed E-state index contributed by atoms with van der Waals surface area (Å²) in [4.78, 5) is 26.1. The van der Waals surface area contributed by atoms with E-state index in [0.717, 1.165) is 42.5 Å². The van der Waals surface area contributed by atoms with Gasteiger partial charge in [0.2, 0.25) is 11.1 Å². The number of thiophene rings is 1. The number of carbonyl (C=O) groups is 2. The second-order valence-corrected chi connectivity index (χ2v) is 9.64. The van der Waals surface area contributed by atoms with Crippen molar-refractivity contribution in [2.75, 3.05) is 30.6 Å². The number of hydrogen-bond donors (Lipinski definition) is 2. The van der Waals surface area contributed by atoms with Crippen LogP contribution < -0.4 is 11.2 Å². The minimum atomic E-state index is -0.409. The second-order valence-electron chi connectivity index (χ2n) is 7.60. The van der Waals surface area contributed by atoms with Crippen molar-refractivity contribution in [3.63, 3.8) is 0 Å². The molecule has 2 unspecified atom stereocenters. The average molecular weight is 452 g/mol. The molecular weight excluding hydrogens is 426 g/mol. The minimum absolute atomic E-state index is 0.0977. The first-order chi connectivity index (χ1) is 14.5. The van der Waals surface area contributed by atoms with Crippen LogP contribution in [0, 0.1) is 5.92 Å². The summed E-state index contributed by atoms with van der Waals surface area (Å²) in [6, 6.07) is 0. The zero-order valence-corrected chi connectivity index (χ0v) is 18.6. The fraction of sp³-hybridized carbons (Fsp3) is 0.579. The van der Waals surface area contributed by atoms with Gasteiger partial charge in [0.15, 0.2) is 5.82 Å². The zero-order chi connectivity index (χ0) is 21.3. The van der Waals surface area contributed by atoms with Crippen molar-refractivity contribution in [2.45, 2.75) is 50.3 Å². The van der Waals surface area contributed by atoms with Gasteiger partial charge in [0.25, 0.3) is 0 Å². The molecule has 2 aromatic heterocycles. The number of hydrogen-bond acceptors (Lipinski definition) is 9. The van der Waals surface area contributed by atoms with Crippen molar-refractivity contribution in [3.05, 3.63) is 21.8 Å². The molecule has 1 amide bonds. The SMILES string of the molecule is COC(=O)c1c(NC(=O)CSc2nnc(C3CCCO3)n2N)sc2c1CCC(C)C2. The number of rotatable bonds is 6. The van der Waals surface area contributed by atoms with Crippen LogP contribution in [-0.4, -0.2) is 46.2 Å². The molecular formula is C19H25N5O4S2. The average Bonchev–Trinajstić information content (AvgIpc) is 3.44. The number of carbonyl (C=O) groups excluding carboxylic acids is 2. The van der Waals surface area contributed by atoms with Gasteiger partial charge in [0.1, 0.15) is 11.1 Å². The van der Waals surface area contributed by atoms with Crippen LogP contribution in [0.1, 0.15) is 58.9 Å². The normalized spacial score (nSPS) is 20.7. The molecule has 2 aliphatic rings. The molecule has 11 heteroatoms. The quantitative estimate of drug-likeness (QED) is 0.390. The Hall–Kier alpha value is -2.11. The molecule has 1 aliphatic carbocycles. The maximum absolute atomic E-state index is 12.6. The largest absolute Gasteiger partial charge is 0.465 e. The van der Waals surface area contributed by atoms with Crippen LogP contribution in [0.4, 0.5) is 5.00 Å². The molecule has 2 atom stereocenters. The Morgan fingerprint density at radius 2 is 2.23 bits per heavy atom. The van der Waals surface area contributed by atoms with Crippen LogP contribution in [0.5, 0.6) is 0 Å². The van der Waals surface area contributed by atoms with Crippen LogP contribution in [0.2, 0.25) is 0 Å². The molecule has 30 heavy (non-hydrogen) atoms. The van der Waals surface area contributed by atoms with Crippen LogP contribution in [0.3, 0.4) is 0 Å². The molecule has 0 bridgehead atoms. The van der Waals surface area contributed by atoms with Crippen molar-refractivity contribution in [3.8, 4) is 0 Å². The number of methoxy groups -OCH3 is 1. The lowest BCUT2D eigenvalue weighted by molar-refractivity contribution is -0.113. The number of fused-ring (bicyclic) bond motifs is 1. The van der Waals surface area contributed by atoms with Gasteiger partial charge in [-0.1, -0.05) is 18.7 Å². The summed E-state index contributed by atoms with van der Waals surface area (Å²) >= 11 is 2.66. The maximum atomic E-state index is 12.6. The molecule has 0 spiro atoms. The number of nitrogens with two attached hydrogens (primary N) is 1. The summed E-state index contributed by atoms with van der Waals surface area (Å²) < 4.78 is 12.0. The number of ether oxygens (including phenoxy) is 2. The summed E-state index contributed by atoms with van der Waals surface area (Å²) in [6.45, 7) is 2.89. The number of nitrogens with zero attached hydrogens (tertiary/aromatic N) is 3. The van der Waals surface area contributed by atoms with E-state index in [0.29, 0.717) is 34.1 Å². The van der Waals surface area contributed by atoms with Crippen molar-refractivity contribution >= 4 is 40.0 Å². The molecule has 4 rings (SSSR count). The van der Waals surface area contributed by atoms with E-state index in [2.05, 4.69) is 22.4 Å². The minimum Gasteiger partial charge on any atom is -0.465 e. The molecule has 9 nitrogen and oxygen atoms in total. The Labute approximate surface area is 182 Å². The fourth-order valence-electron chi connectivity index (χ4n) is 3.84. The highest BCUT2D eigenvalue weighted by Crippen LogP contribution is 2.40. The lowest BCUT2D eigenvalue weighted by atomic mass is 9.88. The van der Waals surface area contributed by atoms with Crippen molar-refractivity contribution in [2.24, 2.45) is 5.92 Å². The Morgan fingerprint density at radius 3 is 2.97 bits per heavy atom. The van der Waals surface area contributed by atoms with Gasteiger partial charge < -0.3 is 20.6 Å². The predicted octanol–water partition coefficient (Wildman–Crippen LogP) is 2.55. The van der Waals surface area contributed by atoms with Crippen LogP contribution in [-0.2, 0) is 27.1 Å². The number of amides is 1. The van der Waals surface area contributed by atoms with E-state index in [1.165, 1.54) is 34.9 Å². The van der Waals surface area contributed by atoms with Crippen LogP contribution >= 0.6 is 23.1 Å². The molecule has 0 radical (unpaired) electrons. The van der Waals surface area contributed by atoms with Gasteiger partial charge in [-0.2, -0.15) is 0 Å². The Bertz CT molecular complexity index is 951. The maximum Gasteiger partial charge on any atom is 0.341 e. The Balaban J connectivity index is 1.44. The standard InChI is InChI=1S/C19H25N5O4S2/c1-10-5-6-11-13(8-10)30-17(15(11)18(26)27-2)21-14(25)9-29-19-23-22-16(24(19)20)12-4-3-7-28-12/h10,12H,3-9,20H2,1-2H3,(H,21,25). The summed E-state index contributed by atoms with van der Waals surface area (Å²) in [5, 5.41) is 12.1. The van der Waals surface area contributed by atoms with Gasteiger partial charge in [0, 0.05) is 11.5 Å². The van der Waals surface area contributed by atoms with E-state index in [1.807, 2.05) is 0 Å². The molecule has 162 valence electrons. The molecule has 2 aromatic rings. The van der Waals surface area contributed by atoms with Crippen molar-refractivity contribution in [1.82, 2.24) is 14.9 Å². The first kappa shape index (κ1) is 21.1. The third kappa shape index (κ3) is 4.19. The van der Waals surface area contributed by atoms with Gasteiger partial charge in [-0.05, 0) is 43.6 Å². The molecule has 3 N–H and O–H groups in total. The number of nitrogens with one attached hydrogen (secondary N) is 1. The van der Waals surface area contributed by atoms with E-state index >= 15 is 0 Å². The Morgan fingerprint density at radius 1 is 1.40 bits per heavy atom. The number of esters is 1. The van der Waals surface area contributed by atoms with E-state index in [4.69, 9.17) is 15.3 Å². The molecule has 1 fully saturated rings. The summed E-state index contributed by atoms with van der Waals surface area (Å²) in [5.41, 5.74) is 1.50. The molecule has 1 saturated heterocycles. The highest BCUT2D eigenvalue weighted by molar-refractivity contribution is 7.99. The fourth-order valence-corrected chi connectivity index (χ4v) is 5.92. The van der Waals surface area contributed by atoms with E-state index in [1.54, 1.807) is 0 Å². The highest BCUT2D eigenvalue weighted by Gasteiger charge is 2.29.